The Morgan fingerprint density at radius 3 is 2.78 bits per heavy atom. The Morgan fingerprint density at radius 2 is 2.15 bits per heavy atom. The van der Waals surface area contributed by atoms with Crippen LogP contribution in [0.1, 0.15) is 37.0 Å². The van der Waals surface area contributed by atoms with Crippen molar-refractivity contribution in [3.05, 3.63) is 51.2 Å². The third kappa shape index (κ3) is 4.86. The Balaban J connectivity index is 1.73. The van der Waals surface area contributed by atoms with E-state index in [1.807, 2.05) is 22.1 Å². The lowest BCUT2D eigenvalue weighted by Gasteiger charge is -2.22. The normalized spacial score (nSPS) is 23.7. The molecule has 0 amide bonds. The van der Waals surface area contributed by atoms with Gasteiger partial charge < -0.3 is 14.5 Å². The Bertz CT molecular complexity index is 772. The van der Waals surface area contributed by atoms with Crippen molar-refractivity contribution in [2.24, 2.45) is 11.0 Å². The number of hydrogen-bond donors (Lipinski definition) is 0. The molecule has 1 aromatic carbocycles. The molecule has 0 N–H and O–H groups in total. The van der Waals surface area contributed by atoms with Crippen molar-refractivity contribution in [2.75, 3.05) is 26.2 Å². The summed E-state index contributed by atoms with van der Waals surface area (Å²) in [7, 11) is 0. The standard InChI is InChI=1S/C20H28N4O3/c1-15-5-6-18(16(2)11-15)7-8-22-9-10-23(19(22)21-24(25)26)13-17-12-20(3,4)27-14-17/h5-8,11,17H,9-10,12-14H2,1-4H3. The number of guanidine groups is 1. The largest absolute Gasteiger partial charge is 0.375 e. The van der Waals surface area contributed by atoms with Crippen LogP contribution in [0.15, 0.2) is 29.5 Å². The summed E-state index contributed by atoms with van der Waals surface area (Å²) < 4.78 is 5.81. The van der Waals surface area contributed by atoms with E-state index in [0.717, 1.165) is 25.1 Å². The predicted molar refractivity (Wildman–Crippen MR) is 106 cm³/mol. The van der Waals surface area contributed by atoms with E-state index in [-0.39, 0.29) is 5.60 Å². The quantitative estimate of drug-likeness (QED) is 0.586. The van der Waals surface area contributed by atoms with Crippen LogP contribution in [0, 0.1) is 29.9 Å². The van der Waals surface area contributed by atoms with Crippen molar-refractivity contribution in [1.29, 1.82) is 0 Å². The summed E-state index contributed by atoms with van der Waals surface area (Å²) in [6.45, 7) is 11.1. The van der Waals surface area contributed by atoms with E-state index in [4.69, 9.17) is 4.74 Å². The molecule has 3 rings (SSSR count). The Hall–Kier alpha value is -2.41. The fourth-order valence-corrected chi connectivity index (χ4v) is 3.89. The average molecular weight is 372 g/mol. The summed E-state index contributed by atoms with van der Waals surface area (Å²) in [5.74, 6) is 0.769. The molecule has 0 aromatic heterocycles. The molecule has 1 atom stereocenters. The third-order valence-electron chi connectivity index (χ3n) is 5.15. The Kier molecular flexibility index (Phi) is 5.51. The topological polar surface area (TPSA) is 71.2 Å². The molecule has 146 valence electrons. The molecule has 0 spiro atoms. The minimum Gasteiger partial charge on any atom is -0.375 e. The molecule has 2 aliphatic heterocycles. The second-order valence-corrected chi connectivity index (χ2v) is 8.09. The number of hydrogen-bond acceptors (Lipinski definition) is 3. The third-order valence-corrected chi connectivity index (χ3v) is 5.15. The molecule has 2 heterocycles. The van der Waals surface area contributed by atoms with Crippen LogP contribution in [0.3, 0.4) is 0 Å². The minimum absolute atomic E-state index is 0.118. The van der Waals surface area contributed by atoms with Crippen molar-refractivity contribution in [3.63, 3.8) is 0 Å². The van der Waals surface area contributed by atoms with Crippen molar-refractivity contribution in [2.45, 2.75) is 39.7 Å². The molecule has 2 saturated heterocycles. The summed E-state index contributed by atoms with van der Waals surface area (Å²) in [4.78, 5) is 14.9. The maximum atomic E-state index is 11.1. The van der Waals surface area contributed by atoms with E-state index in [2.05, 4.69) is 51.0 Å². The monoisotopic (exact) mass is 372 g/mol. The van der Waals surface area contributed by atoms with Gasteiger partial charge in [-0.05, 0) is 51.3 Å². The van der Waals surface area contributed by atoms with Gasteiger partial charge in [0.15, 0.2) is 5.03 Å². The van der Waals surface area contributed by atoms with Crippen LogP contribution in [0.2, 0.25) is 0 Å². The molecule has 0 bridgehead atoms. The molecule has 1 aromatic rings. The van der Waals surface area contributed by atoms with Gasteiger partial charge in [0.25, 0.3) is 5.96 Å². The minimum atomic E-state index is -0.610. The summed E-state index contributed by atoms with van der Waals surface area (Å²) in [6.07, 6.45) is 4.85. The molecule has 0 saturated carbocycles. The number of rotatable bonds is 5. The van der Waals surface area contributed by atoms with Gasteiger partial charge in [-0.2, -0.15) is 0 Å². The van der Waals surface area contributed by atoms with Gasteiger partial charge in [-0.1, -0.05) is 23.8 Å². The lowest BCUT2D eigenvalue weighted by atomic mass is 9.97. The summed E-state index contributed by atoms with van der Waals surface area (Å²) in [5, 5.41) is 14.1. The zero-order chi connectivity index (χ0) is 19.6. The zero-order valence-corrected chi connectivity index (χ0v) is 16.5. The maximum absolute atomic E-state index is 11.1. The first-order valence-corrected chi connectivity index (χ1v) is 9.37. The highest BCUT2D eigenvalue weighted by molar-refractivity contribution is 5.83. The predicted octanol–water partition coefficient (Wildman–Crippen LogP) is 3.25. The fraction of sp³-hybridized carbons (Fsp3) is 0.550. The van der Waals surface area contributed by atoms with Crippen molar-refractivity contribution >= 4 is 12.0 Å². The first kappa shape index (κ1) is 19.4. The van der Waals surface area contributed by atoms with Gasteiger partial charge in [-0.25, -0.2) is 10.1 Å². The van der Waals surface area contributed by atoms with Gasteiger partial charge in [0.05, 0.1) is 12.2 Å². The van der Waals surface area contributed by atoms with Crippen molar-refractivity contribution < 1.29 is 9.77 Å². The number of nitro groups is 1. The van der Waals surface area contributed by atoms with Crippen molar-refractivity contribution in [1.82, 2.24) is 9.80 Å². The molecule has 7 heteroatoms. The van der Waals surface area contributed by atoms with Gasteiger partial charge in [-0.15, -0.1) is 0 Å². The van der Waals surface area contributed by atoms with Gasteiger partial charge >= 0.3 is 0 Å². The van der Waals surface area contributed by atoms with E-state index in [9.17, 15) is 10.1 Å². The van der Waals surface area contributed by atoms with E-state index >= 15 is 0 Å². The highest BCUT2D eigenvalue weighted by Crippen LogP contribution is 2.30. The summed E-state index contributed by atoms with van der Waals surface area (Å²) in [5.41, 5.74) is 3.38. The van der Waals surface area contributed by atoms with Crippen LogP contribution < -0.4 is 0 Å². The SMILES string of the molecule is Cc1ccc(C=CN2CCN(CC3COC(C)(C)C3)C2=N[N+](=O)[O-])c(C)c1. The molecule has 0 aliphatic carbocycles. The molecule has 2 fully saturated rings. The average Bonchev–Trinajstić information content (AvgIpc) is 3.10. The second kappa shape index (κ2) is 7.68. The van der Waals surface area contributed by atoms with E-state index in [0.29, 0.717) is 25.0 Å². The zero-order valence-electron chi connectivity index (χ0n) is 16.5. The second-order valence-electron chi connectivity index (χ2n) is 8.09. The number of aryl methyl sites for hydroxylation is 2. The van der Waals surface area contributed by atoms with Gasteiger partial charge in [0.1, 0.15) is 5.10 Å². The molecular formula is C20H28N4O3. The van der Waals surface area contributed by atoms with E-state index in [1.54, 1.807) is 0 Å². The molecular weight excluding hydrogens is 344 g/mol. The number of ether oxygens (including phenoxy) is 1. The molecule has 1 unspecified atom stereocenters. The van der Waals surface area contributed by atoms with Crippen LogP contribution in [0.25, 0.3) is 6.08 Å². The molecule has 2 aliphatic rings. The Labute approximate surface area is 160 Å². The maximum Gasteiger partial charge on any atom is 0.278 e. The lowest BCUT2D eigenvalue weighted by molar-refractivity contribution is -0.486. The molecule has 27 heavy (non-hydrogen) atoms. The van der Waals surface area contributed by atoms with Gasteiger partial charge in [-0.3, -0.25) is 0 Å². The lowest BCUT2D eigenvalue weighted by Crippen LogP contribution is -2.35. The van der Waals surface area contributed by atoms with Crippen LogP contribution in [-0.2, 0) is 4.74 Å². The first-order valence-electron chi connectivity index (χ1n) is 9.37. The summed E-state index contributed by atoms with van der Waals surface area (Å²) >= 11 is 0. The van der Waals surface area contributed by atoms with Gasteiger partial charge in [0.2, 0.25) is 0 Å². The van der Waals surface area contributed by atoms with E-state index in [1.165, 1.54) is 11.1 Å². The van der Waals surface area contributed by atoms with Crippen molar-refractivity contribution in [3.8, 4) is 0 Å². The van der Waals surface area contributed by atoms with Crippen LogP contribution >= 0.6 is 0 Å². The molecule has 0 radical (unpaired) electrons. The Morgan fingerprint density at radius 1 is 1.37 bits per heavy atom. The smallest absolute Gasteiger partial charge is 0.278 e. The van der Waals surface area contributed by atoms with Crippen LogP contribution in [0.5, 0.6) is 0 Å². The fourth-order valence-electron chi connectivity index (χ4n) is 3.89. The number of nitrogens with zero attached hydrogens (tertiary/aromatic N) is 4. The number of hydrazone groups is 1. The first-order chi connectivity index (χ1) is 12.7. The molecule has 7 nitrogen and oxygen atoms in total. The van der Waals surface area contributed by atoms with Crippen LogP contribution in [-0.4, -0.2) is 52.6 Å². The highest BCUT2D eigenvalue weighted by Gasteiger charge is 2.36. The summed E-state index contributed by atoms with van der Waals surface area (Å²) in [6, 6.07) is 6.26. The highest BCUT2D eigenvalue weighted by atomic mass is 16.7. The van der Waals surface area contributed by atoms with Crippen LogP contribution in [0.4, 0.5) is 0 Å². The number of benzene rings is 1. The van der Waals surface area contributed by atoms with Gasteiger partial charge in [0, 0.05) is 31.8 Å². The van der Waals surface area contributed by atoms with E-state index < -0.39 is 5.03 Å².